The van der Waals surface area contributed by atoms with Gasteiger partial charge in [-0.05, 0) is 24.3 Å². The molecule has 3 aromatic rings. The molecule has 1 aliphatic carbocycles. The zero-order valence-electron chi connectivity index (χ0n) is 12.2. The van der Waals surface area contributed by atoms with Crippen LogP contribution in [-0.4, -0.2) is 20.3 Å². The maximum atomic E-state index is 5.78. The highest BCUT2D eigenvalue weighted by atomic mass is 16.5. The number of nitrogens with zero attached hydrogens (tertiary/aromatic N) is 4. The van der Waals surface area contributed by atoms with Crippen molar-refractivity contribution in [1.29, 1.82) is 0 Å². The molecule has 2 atom stereocenters. The molecule has 0 N–H and O–H groups in total. The molecule has 0 aromatic carbocycles. The molecule has 0 radical (unpaired) electrons. The van der Waals surface area contributed by atoms with Crippen LogP contribution in [-0.2, 0) is 0 Å². The van der Waals surface area contributed by atoms with Crippen LogP contribution in [0.2, 0.25) is 0 Å². The average molecular weight is 284 g/mol. The molecule has 6 heteroatoms. The Morgan fingerprint density at radius 1 is 1.29 bits per heavy atom. The van der Waals surface area contributed by atoms with Gasteiger partial charge in [0.25, 0.3) is 5.71 Å². The Hall–Kier alpha value is -2.24. The second-order valence-electron chi connectivity index (χ2n) is 6.06. The quantitative estimate of drug-likeness (QED) is 0.732. The van der Waals surface area contributed by atoms with Gasteiger partial charge >= 0.3 is 0 Å². The van der Waals surface area contributed by atoms with Crippen molar-refractivity contribution < 1.29 is 8.94 Å². The summed E-state index contributed by atoms with van der Waals surface area (Å²) in [5.41, 5.74) is 2.24. The van der Waals surface area contributed by atoms with E-state index in [1.54, 1.807) is 6.20 Å². The first kappa shape index (κ1) is 12.5. The summed E-state index contributed by atoms with van der Waals surface area (Å²) in [6, 6.07) is 1.96. The van der Waals surface area contributed by atoms with Crippen molar-refractivity contribution in [3.05, 3.63) is 23.8 Å². The lowest BCUT2D eigenvalue weighted by molar-refractivity contribution is 0.434. The first-order valence-electron chi connectivity index (χ1n) is 7.22. The number of pyridine rings is 1. The van der Waals surface area contributed by atoms with Crippen molar-refractivity contribution in [3.8, 4) is 11.5 Å². The fraction of sp³-hybridized carbons (Fsp3) is 0.467. The summed E-state index contributed by atoms with van der Waals surface area (Å²) >= 11 is 0. The van der Waals surface area contributed by atoms with E-state index < -0.39 is 0 Å². The molecule has 1 saturated carbocycles. The highest BCUT2D eigenvalue weighted by Gasteiger charge is 2.38. The van der Waals surface area contributed by atoms with Gasteiger partial charge in [0.1, 0.15) is 0 Å². The van der Waals surface area contributed by atoms with Gasteiger partial charge in [-0.3, -0.25) is 0 Å². The average Bonchev–Trinajstić information content (AvgIpc) is 2.94. The van der Waals surface area contributed by atoms with E-state index in [0.717, 1.165) is 29.0 Å². The van der Waals surface area contributed by atoms with Gasteiger partial charge in [0, 0.05) is 12.1 Å². The van der Waals surface area contributed by atoms with Crippen molar-refractivity contribution in [2.75, 3.05) is 0 Å². The maximum Gasteiger partial charge on any atom is 0.257 e. The minimum absolute atomic E-state index is 0.272. The van der Waals surface area contributed by atoms with E-state index in [-0.39, 0.29) is 5.92 Å². The van der Waals surface area contributed by atoms with Gasteiger partial charge in [-0.25, -0.2) is 4.98 Å². The molecule has 1 aliphatic rings. The van der Waals surface area contributed by atoms with Crippen molar-refractivity contribution in [2.45, 2.75) is 39.0 Å². The number of hydrogen-bond acceptors (Lipinski definition) is 6. The Morgan fingerprint density at radius 3 is 2.81 bits per heavy atom. The summed E-state index contributed by atoms with van der Waals surface area (Å²) in [4.78, 5) is 4.29. The van der Waals surface area contributed by atoms with Crippen LogP contribution in [0.1, 0.15) is 50.6 Å². The van der Waals surface area contributed by atoms with Crippen molar-refractivity contribution in [3.63, 3.8) is 0 Å². The SMILES string of the molecule is CC(C)c1noc2ncc(-c3nnc([C@H]4C[C@H]4C)o3)cc12. The number of rotatable bonds is 3. The Labute approximate surface area is 121 Å². The largest absolute Gasteiger partial charge is 0.420 e. The minimum Gasteiger partial charge on any atom is -0.420 e. The normalized spacial score (nSPS) is 21.3. The van der Waals surface area contributed by atoms with Crippen LogP contribution in [0.5, 0.6) is 0 Å². The highest BCUT2D eigenvalue weighted by molar-refractivity contribution is 5.80. The number of hydrogen-bond donors (Lipinski definition) is 0. The van der Waals surface area contributed by atoms with Gasteiger partial charge in [0.05, 0.1) is 16.6 Å². The van der Waals surface area contributed by atoms with Gasteiger partial charge < -0.3 is 8.94 Å². The highest BCUT2D eigenvalue weighted by Crippen LogP contribution is 2.46. The van der Waals surface area contributed by atoms with Gasteiger partial charge in [0.15, 0.2) is 0 Å². The Kier molecular flexibility index (Phi) is 2.60. The fourth-order valence-electron chi connectivity index (χ4n) is 2.55. The van der Waals surface area contributed by atoms with E-state index in [0.29, 0.717) is 23.4 Å². The predicted octanol–water partition coefficient (Wildman–Crippen LogP) is 3.52. The van der Waals surface area contributed by atoms with Gasteiger partial charge in [0.2, 0.25) is 11.8 Å². The Balaban J connectivity index is 1.75. The Morgan fingerprint density at radius 2 is 2.10 bits per heavy atom. The minimum atomic E-state index is 0.272. The Bertz CT molecular complexity index is 805. The van der Waals surface area contributed by atoms with Crippen LogP contribution >= 0.6 is 0 Å². The third-order valence-corrected chi connectivity index (χ3v) is 4.02. The van der Waals surface area contributed by atoms with Gasteiger partial charge in [-0.15, -0.1) is 10.2 Å². The summed E-state index contributed by atoms with van der Waals surface area (Å²) in [6.07, 6.45) is 2.81. The fourth-order valence-corrected chi connectivity index (χ4v) is 2.55. The summed E-state index contributed by atoms with van der Waals surface area (Å²) in [7, 11) is 0. The van der Waals surface area contributed by atoms with Crippen LogP contribution in [0, 0.1) is 5.92 Å². The van der Waals surface area contributed by atoms with Gasteiger partial charge in [-0.1, -0.05) is 25.9 Å². The van der Waals surface area contributed by atoms with Crippen LogP contribution < -0.4 is 0 Å². The molecule has 6 nitrogen and oxygen atoms in total. The van der Waals surface area contributed by atoms with Crippen molar-refractivity contribution >= 4 is 11.1 Å². The van der Waals surface area contributed by atoms with E-state index in [9.17, 15) is 0 Å². The molecule has 108 valence electrons. The summed E-state index contributed by atoms with van der Waals surface area (Å²) in [5, 5.41) is 13.3. The summed E-state index contributed by atoms with van der Waals surface area (Å²) in [6.45, 7) is 6.33. The molecule has 21 heavy (non-hydrogen) atoms. The molecule has 1 fully saturated rings. The zero-order chi connectivity index (χ0) is 14.6. The molecule has 0 spiro atoms. The molecule has 3 aromatic heterocycles. The molecule has 0 unspecified atom stereocenters. The van der Waals surface area contributed by atoms with Gasteiger partial charge in [-0.2, -0.15) is 0 Å². The van der Waals surface area contributed by atoms with Crippen molar-refractivity contribution in [1.82, 2.24) is 20.3 Å². The molecule has 3 heterocycles. The third kappa shape index (κ3) is 2.02. The van der Waals surface area contributed by atoms with Crippen molar-refractivity contribution in [2.24, 2.45) is 5.92 Å². The predicted molar refractivity (Wildman–Crippen MR) is 75.7 cm³/mol. The molecule has 0 bridgehead atoms. The number of aromatic nitrogens is 4. The van der Waals surface area contributed by atoms with E-state index in [1.807, 2.05) is 6.07 Å². The molecule has 0 saturated heterocycles. The lowest BCUT2D eigenvalue weighted by Crippen LogP contribution is -1.88. The first-order chi connectivity index (χ1) is 10.1. The summed E-state index contributed by atoms with van der Waals surface area (Å²) in [5.74, 6) is 2.57. The molecule has 4 rings (SSSR count). The van der Waals surface area contributed by atoms with E-state index >= 15 is 0 Å². The maximum absolute atomic E-state index is 5.78. The zero-order valence-corrected chi connectivity index (χ0v) is 12.2. The van der Waals surface area contributed by atoms with Crippen LogP contribution in [0.4, 0.5) is 0 Å². The third-order valence-electron chi connectivity index (χ3n) is 4.02. The topological polar surface area (TPSA) is 77.8 Å². The lowest BCUT2D eigenvalue weighted by atomic mass is 10.1. The van der Waals surface area contributed by atoms with E-state index in [1.165, 1.54) is 0 Å². The number of fused-ring (bicyclic) bond motifs is 1. The molecule has 0 amide bonds. The molecule has 0 aliphatic heterocycles. The standard InChI is InChI=1S/C15H16N4O2/c1-7(2)12-11-5-9(6-16-14(11)21-19-12)13-17-18-15(20-13)10-4-8(10)3/h5-8,10H,4H2,1-3H3/t8-,10+/m1/s1. The first-order valence-corrected chi connectivity index (χ1v) is 7.22. The van der Waals surface area contributed by atoms with Crippen LogP contribution in [0.3, 0.4) is 0 Å². The monoisotopic (exact) mass is 284 g/mol. The molecular formula is C15H16N4O2. The van der Waals surface area contributed by atoms with Crippen LogP contribution in [0.25, 0.3) is 22.6 Å². The van der Waals surface area contributed by atoms with E-state index in [4.69, 9.17) is 8.94 Å². The molecular weight excluding hydrogens is 268 g/mol. The smallest absolute Gasteiger partial charge is 0.257 e. The summed E-state index contributed by atoms with van der Waals surface area (Å²) < 4.78 is 11.0. The second-order valence-corrected chi connectivity index (χ2v) is 6.06. The second kappa shape index (κ2) is 4.38. The lowest BCUT2D eigenvalue weighted by Gasteiger charge is -1.99. The van der Waals surface area contributed by atoms with E-state index in [2.05, 4.69) is 41.1 Å². The van der Waals surface area contributed by atoms with Crippen LogP contribution in [0.15, 0.2) is 21.2 Å².